The third kappa shape index (κ3) is 1.40. The zero-order valence-electron chi connectivity index (χ0n) is 7.40. The van der Waals surface area contributed by atoms with E-state index in [0.717, 1.165) is 16.7 Å². The Hall–Kier alpha value is -1.09. The summed E-state index contributed by atoms with van der Waals surface area (Å²) < 4.78 is 5.40. The number of furan rings is 1. The van der Waals surface area contributed by atoms with E-state index in [1.807, 2.05) is 36.2 Å². The van der Waals surface area contributed by atoms with Gasteiger partial charge in [0.05, 0.1) is 11.6 Å². The van der Waals surface area contributed by atoms with Crippen LogP contribution < -0.4 is 4.90 Å². The van der Waals surface area contributed by atoms with Gasteiger partial charge in [-0.15, -0.1) is 0 Å². The summed E-state index contributed by atoms with van der Waals surface area (Å²) in [4.78, 5) is 2.04. The zero-order valence-corrected chi connectivity index (χ0v) is 8.29. The molecule has 0 unspecified atom stereocenters. The summed E-state index contributed by atoms with van der Waals surface area (Å²) in [6.07, 6.45) is 1.76. The van der Waals surface area contributed by atoms with Gasteiger partial charge in [-0.25, -0.2) is 0 Å². The van der Waals surface area contributed by atoms with Crippen LogP contribution in [0.25, 0.3) is 11.0 Å². The fourth-order valence-corrected chi connectivity index (χ4v) is 1.49. The first-order chi connectivity index (χ1) is 6.33. The van der Waals surface area contributed by atoms with E-state index in [2.05, 4.69) is 12.6 Å². The number of nitrogens with zero attached hydrogens (tertiary/aromatic N) is 1. The van der Waals surface area contributed by atoms with E-state index in [9.17, 15) is 0 Å². The van der Waals surface area contributed by atoms with Gasteiger partial charge in [0.25, 0.3) is 0 Å². The molecule has 13 heavy (non-hydrogen) atoms. The first-order valence-electron chi connectivity index (χ1n) is 4.11. The summed E-state index contributed by atoms with van der Waals surface area (Å²) in [5, 5.41) is 1.14. The minimum Gasteiger partial charge on any atom is -0.462 e. The molecule has 3 heteroatoms. The van der Waals surface area contributed by atoms with Crippen molar-refractivity contribution >= 4 is 29.3 Å². The number of fused-ring (bicyclic) bond motifs is 1. The lowest BCUT2D eigenvalue weighted by Gasteiger charge is -2.13. The molecule has 0 fully saturated rings. The van der Waals surface area contributed by atoms with Gasteiger partial charge in [0.15, 0.2) is 0 Å². The molecule has 0 radical (unpaired) electrons. The van der Waals surface area contributed by atoms with E-state index in [-0.39, 0.29) is 0 Å². The maximum atomic E-state index is 5.40. The second-order valence-electron chi connectivity index (χ2n) is 2.96. The van der Waals surface area contributed by atoms with Crippen LogP contribution in [0, 0.1) is 0 Å². The van der Waals surface area contributed by atoms with Gasteiger partial charge in [0.2, 0.25) is 0 Å². The van der Waals surface area contributed by atoms with Gasteiger partial charge < -0.3 is 9.32 Å². The molecule has 1 aromatic carbocycles. The molecule has 0 spiro atoms. The Bertz CT molecular complexity index is 410. The van der Waals surface area contributed by atoms with E-state index < -0.39 is 0 Å². The average Bonchev–Trinajstić information content (AvgIpc) is 2.60. The minimum absolute atomic E-state index is 0.684. The molecule has 0 saturated carbocycles. The molecule has 1 heterocycles. The Balaban J connectivity index is 2.57. The van der Waals surface area contributed by atoms with Crippen molar-refractivity contribution in [2.75, 3.05) is 17.8 Å². The fourth-order valence-electron chi connectivity index (χ4n) is 1.34. The van der Waals surface area contributed by atoms with Crippen molar-refractivity contribution in [3.05, 3.63) is 30.5 Å². The molecule has 0 aliphatic heterocycles. The van der Waals surface area contributed by atoms with E-state index in [0.29, 0.717) is 5.88 Å². The molecule has 1 aromatic heterocycles. The van der Waals surface area contributed by atoms with Crippen molar-refractivity contribution in [1.29, 1.82) is 0 Å². The van der Waals surface area contributed by atoms with Gasteiger partial charge in [-0.3, -0.25) is 0 Å². The number of thiol groups is 1. The van der Waals surface area contributed by atoms with Crippen LogP contribution in [-0.2, 0) is 0 Å². The number of hydrogen-bond donors (Lipinski definition) is 1. The van der Waals surface area contributed by atoms with Crippen LogP contribution in [0.1, 0.15) is 0 Å². The van der Waals surface area contributed by atoms with Crippen LogP contribution in [0.2, 0.25) is 0 Å². The Kier molecular flexibility index (Phi) is 2.19. The third-order valence-corrected chi connectivity index (χ3v) is 2.51. The Morgan fingerprint density at radius 3 is 2.92 bits per heavy atom. The molecule has 0 aliphatic carbocycles. The molecule has 0 atom stereocenters. The van der Waals surface area contributed by atoms with Gasteiger partial charge in [-0.05, 0) is 12.1 Å². The van der Waals surface area contributed by atoms with Crippen molar-refractivity contribution in [3.63, 3.8) is 0 Å². The third-order valence-electron chi connectivity index (χ3n) is 2.08. The molecule has 2 aromatic rings. The molecule has 0 aliphatic rings. The van der Waals surface area contributed by atoms with Crippen LogP contribution in [-0.4, -0.2) is 12.9 Å². The largest absolute Gasteiger partial charge is 0.462 e. The van der Waals surface area contributed by atoms with Gasteiger partial charge in [0, 0.05) is 12.4 Å². The van der Waals surface area contributed by atoms with Crippen molar-refractivity contribution < 1.29 is 4.42 Å². The molecule has 2 rings (SSSR count). The van der Waals surface area contributed by atoms with Gasteiger partial charge >= 0.3 is 0 Å². The van der Waals surface area contributed by atoms with Gasteiger partial charge in [-0.2, -0.15) is 12.6 Å². The first-order valence-corrected chi connectivity index (χ1v) is 4.74. The monoisotopic (exact) mass is 193 g/mol. The summed E-state index contributed by atoms with van der Waals surface area (Å²) in [7, 11) is 1.99. The minimum atomic E-state index is 0.684. The molecular weight excluding hydrogens is 182 g/mol. The van der Waals surface area contributed by atoms with Crippen molar-refractivity contribution in [2.45, 2.75) is 0 Å². The summed E-state index contributed by atoms with van der Waals surface area (Å²) in [6.45, 7) is 0. The normalized spacial score (nSPS) is 10.6. The number of benzene rings is 1. The summed E-state index contributed by atoms with van der Waals surface area (Å²) in [6, 6.07) is 7.99. The molecule has 0 N–H and O–H groups in total. The molecule has 0 saturated heterocycles. The maximum Gasteiger partial charge on any atom is 0.136 e. The molecule has 68 valence electrons. The van der Waals surface area contributed by atoms with Crippen LogP contribution >= 0.6 is 12.6 Å². The number of rotatable bonds is 2. The summed E-state index contributed by atoms with van der Waals surface area (Å²) in [5.41, 5.74) is 2.01. The van der Waals surface area contributed by atoms with Gasteiger partial charge in [-0.1, -0.05) is 12.1 Å². The second-order valence-corrected chi connectivity index (χ2v) is 3.24. The number of anilines is 1. The van der Waals surface area contributed by atoms with Gasteiger partial charge in [0.1, 0.15) is 11.8 Å². The fraction of sp³-hybridized carbons (Fsp3) is 0.200. The van der Waals surface area contributed by atoms with Crippen LogP contribution in [0.3, 0.4) is 0 Å². The molecule has 2 nitrogen and oxygen atoms in total. The van der Waals surface area contributed by atoms with E-state index in [1.165, 1.54) is 0 Å². The lowest BCUT2D eigenvalue weighted by Crippen LogP contribution is -2.13. The first kappa shape index (κ1) is 8.51. The average molecular weight is 193 g/mol. The number of para-hydroxylation sites is 1. The SMILES string of the molecule is CN(CS)c1coc2ccccc12. The topological polar surface area (TPSA) is 16.4 Å². The van der Waals surface area contributed by atoms with Crippen molar-refractivity contribution in [1.82, 2.24) is 0 Å². The predicted octanol–water partition coefficient (Wildman–Crippen LogP) is 2.76. The summed E-state index contributed by atoms with van der Waals surface area (Å²) >= 11 is 4.21. The van der Waals surface area contributed by atoms with E-state index in [1.54, 1.807) is 6.26 Å². The van der Waals surface area contributed by atoms with Crippen LogP contribution in [0.4, 0.5) is 5.69 Å². The predicted molar refractivity (Wildman–Crippen MR) is 58.5 cm³/mol. The van der Waals surface area contributed by atoms with Crippen molar-refractivity contribution in [3.8, 4) is 0 Å². The highest BCUT2D eigenvalue weighted by Gasteiger charge is 2.07. The number of hydrogen-bond acceptors (Lipinski definition) is 3. The lowest BCUT2D eigenvalue weighted by atomic mass is 10.2. The standard InChI is InChI=1S/C10H11NOS/c1-11(7-13)9-6-12-10-5-3-2-4-8(9)10/h2-6,13H,7H2,1H3. The highest BCUT2D eigenvalue weighted by molar-refractivity contribution is 7.80. The van der Waals surface area contributed by atoms with E-state index in [4.69, 9.17) is 4.42 Å². The quantitative estimate of drug-likeness (QED) is 0.583. The smallest absolute Gasteiger partial charge is 0.136 e. The molecule has 0 amide bonds. The van der Waals surface area contributed by atoms with E-state index >= 15 is 0 Å². The maximum absolute atomic E-state index is 5.40. The Morgan fingerprint density at radius 2 is 2.15 bits per heavy atom. The highest BCUT2D eigenvalue weighted by Crippen LogP contribution is 2.27. The van der Waals surface area contributed by atoms with Crippen LogP contribution in [0.15, 0.2) is 34.9 Å². The Labute approximate surface area is 82.6 Å². The highest BCUT2D eigenvalue weighted by atomic mass is 32.1. The second kappa shape index (κ2) is 3.34. The van der Waals surface area contributed by atoms with Crippen molar-refractivity contribution in [2.24, 2.45) is 0 Å². The lowest BCUT2D eigenvalue weighted by molar-refractivity contribution is 0.615. The zero-order chi connectivity index (χ0) is 9.26. The molecular formula is C10H11NOS. The summed E-state index contributed by atoms with van der Waals surface area (Å²) in [5.74, 6) is 0.684. The van der Waals surface area contributed by atoms with Crippen LogP contribution in [0.5, 0.6) is 0 Å². The molecule has 0 bridgehead atoms. The Morgan fingerprint density at radius 1 is 1.38 bits per heavy atom.